The van der Waals surface area contributed by atoms with E-state index in [0.717, 1.165) is 5.56 Å². The fourth-order valence-electron chi connectivity index (χ4n) is 2.81. The topological polar surface area (TPSA) is 105 Å². The molecular weight excluding hydrogens is 396 g/mol. The fraction of sp³-hybridized carbons (Fsp3) is 0.125. The summed E-state index contributed by atoms with van der Waals surface area (Å²) < 4.78 is 5.03. The van der Waals surface area contributed by atoms with Crippen molar-refractivity contribution >= 4 is 23.5 Å². The number of hydrogen-bond acceptors (Lipinski definition) is 5. The average molecular weight is 418 g/mol. The minimum Gasteiger partial charge on any atom is -0.452 e. The molecule has 3 aromatic carbocycles. The van der Waals surface area contributed by atoms with Crippen molar-refractivity contribution in [3.63, 3.8) is 0 Å². The summed E-state index contributed by atoms with van der Waals surface area (Å²) in [5, 5.41) is 14.5. The van der Waals surface area contributed by atoms with Crippen LogP contribution in [0.4, 0.5) is 5.69 Å². The van der Waals surface area contributed by atoms with Crippen LogP contribution in [0.25, 0.3) is 0 Å². The van der Waals surface area contributed by atoms with Crippen molar-refractivity contribution in [3.05, 3.63) is 101 Å². The third-order valence-electron chi connectivity index (χ3n) is 4.45. The van der Waals surface area contributed by atoms with Gasteiger partial charge in [-0.05, 0) is 35.4 Å². The lowest BCUT2D eigenvalue weighted by molar-refractivity contribution is -0.119. The molecule has 0 bridgehead atoms. The van der Waals surface area contributed by atoms with Crippen LogP contribution >= 0.6 is 0 Å². The first-order valence-electron chi connectivity index (χ1n) is 9.65. The van der Waals surface area contributed by atoms with Gasteiger partial charge < -0.3 is 20.5 Å². The van der Waals surface area contributed by atoms with Gasteiger partial charge >= 0.3 is 5.97 Å². The second-order valence-corrected chi connectivity index (χ2v) is 6.69. The number of aliphatic hydroxyl groups excluding tert-OH is 1. The van der Waals surface area contributed by atoms with Gasteiger partial charge in [-0.3, -0.25) is 9.59 Å². The molecule has 0 aliphatic carbocycles. The van der Waals surface area contributed by atoms with E-state index in [0.29, 0.717) is 23.4 Å². The molecule has 7 heteroatoms. The molecule has 0 aromatic heterocycles. The normalized spacial score (nSPS) is 10.2. The van der Waals surface area contributed by atoms with Gasteiger partial charge in [0, 0.05) is 6.54 Å². The van der Waals surface area contributed by atoms with Gasteiger partial charge in [-0.2, -0.15) is 0 Å². The Kier molecular flexibility index (Phi) is 7.50. The minimum atomic E-state index is -0.659. The number of carbonyl (C=O) groups excluding carboxylic acids is 3. The molecule has 0 aliphatic heterocycles. The van der Waals surface area contributed by atoms with E-state index in [1.807, 2.05) is 30.3 Å². The number of rotatable bonds is 8. The highest BCUT2D eigenvalue weighted by Gasteiger charge is 2.15. The van der Waals surface area contributed by atoms with Gasteiger partial charge in [0.2, 0.25) is 0 Å². The van der Waals surface area contributed by atoms with Crippen LogP contribution < -0.4 is 10.6 Å². The molecule has 0 radical (unpaired) electrons. The van der Waals surface area contributed by atoms with Gasteiger partial charge in [-0.1, -0.05) is 54.6 Å². The van der Waals surface area contributed by atoms with Crippen molar-refractivity contribution in [1.29, 1.82) is 0 Å². The van der Waals surface area contributed by atoms with Crippen LogP contribution in [0.3, 0.4) is 0 Å². The molecule has 0 saturated heterocycles. The summed E-state index contributed by atoms with van der Waals surface area (Å²) in [5.41, 5.74) is 2.51. The fourth-order valence-corrected chi connectivity index (χ4v) is 2.81. The van der Waals surface area contributed by atoms with E-state index in [2.05, 4.69) is 10.6 Å². The second-order valence-electron chi connectivity index (χ2n) is 6.69. The first-order chi connectivity index (χ1) is 15.1. The van der Waals surface area contributed by atoms with E-state index in [9.17, 15) is 14.4 Å². The van der Waals surface area contributed by atoms with Crippen molar-refractivity contribution < 1.29 is 24.2 Å². The first-order valence-corrected chi connectivity index (χ1v) is 9.65. The van der Waals surface area contributed by atoms with E-state index in [-0.39, 0.29) is 18.1 Å². The summed E-state index contributed by atoms with van der Waals surface area (Å²) in [6, 6.07) is 22.3. The number of nitrogens with one attached hydrogen (secondary N) is 2. The molecule has 0 aliphatic rings. The smallest absolute Gasteiger partial charge is 0.338 e. The SMILES string of the molecule is O=C(COC(=O)c1ccc(CO)cc1)Nc1ccccc1C(=O)NCc1ccccc1. The van der Waals surface area contributed by atoms with Crippen molar-refractivity contribution in [1.82, 2.24) is 5.32 Å². The molecule has 3 rings (SSSR count). The van der Waals surface area contributed by atoms with E-state index < -0.39 is 18.5 Å². The van der Waals surface area contributed by atoms with Crippen molar-refractivity contribution in [2.24, 2.45) is 0 Å². The maximum atomic E-state index is 12.6. The van der Waals surface area contributed by atoms with Crippen LogP contribution in [0.15, 0.2) is 78.9 Å². The first kappa shape index (κ1) is 21.7. The van der Waals surface area contributed by atoms with Crippen LogP contribution in [0.2, 0.25) is 0 Å². The molecule has 0 fully saturated rings. The number of hydrogen-bond donors (Lipinski definition) is 3. The van der Waals surface area contributed by atoms with Crippen molar-refractivity contribution in [2.75, 3.05) is 11.9 Å². The molecule has 0 atom stereocenters. The minimum absolute atomic E-state index is 0.129. The van der Waals surface area contributed by atoms with Crippen LogP contribution in [0, 0.1) is 0 Å². The predicted molar refractivity (Wildman–Crippen MR) is 115 cm³/mol. The lowest BCUT2D eigenvalue weighted by Crippen LogP contribution is -2.26. The van der Waals surface area contributed by atoms with E-state index in [1.54, 1.807) is 36.4 Å². The summed E-state index contributed by atoms with van der Waals surface area (Å²) in [6.07, 6.45) is 0. The molecule has 0 saturated carbocycles. The molecule has 7 nitrogen and oxygen atoms in total. The Hall–Kier alpha value is -3.97. The van der Waals surface area contributed by atoms with Gasteiger partial charge in [0.25, 0.3) is 11.8 Å². The Labute approximate surface area is 179 Å². The Morgan fingerprint density at radius 1 is 0.806 bits per heavy atom. The average Bonchev–Trinajstić information content (AvgIpc) is 2.82. The maximum absolute atomic E-state index is 12.6. The predicted octanol–water partition coefficient (Wildman–Crippen LogP) is 2.90. The number of anilines is 1. The van der Waals surface area contributed by atoms with Crippen molar-refractivity contribution in [2.45, 2.75) is 13.2 Å². The standard InChI is InChI=1S/C24H22N2O5/c27-15-18-10-12-19(13-11-18)24(30)31-16-22(28)26-21-9-5-4-8-20(21)23(29)25-14-17-6-2-1-3-7-17/h1-13,27H,14-16H2,(H,25,29)(H,26,28). The summed E-state index contributed by atoms with van der Waals surface area (Å²) in [5.74, 6) is -1.56. The largest absolute Gasteiger partial charge is 0.452 e. The van der Waals surface area contributed by atoms with Crippen LogP contribution in [-0.2, 0) is 22.7 Å². The number of para-hydroxylation sites is 1. The van der Waals surface area contributed by atoms with E-state index in [1.165, 1.54) is 12.1 Å². The Balaban J connectivity index is 1.56. The number of amides is 2. The third kappa shape index (κ3) is 6.25. The van der Waals surface area contributed by atoms with Gasteiger partial charge in [0.1, 0.15) is 0 Å². The molecule has 0 spiro atoms. The highest BCUT2D eigenvalue weighted by atomic mass is 16.5. The van der Waals surface area contributed by atoms with Gasteiger partial charge in [-0.25, -0.2) is 4.79 Å². The third-order valence-corrected chi connectivity index (χ3v) is 4.45. The molecule has 3 aromatic rings. The van der Waals surface area contributed by atoms with Gasteiger partial charge in [-0.15, -0.1) is 0 Å². The number of carbonyl (C=O) groups is 3. The molecule has 158 valence electrons. The molecule has 31 heavy (non-hydrogen) atoms. The van der Waals surface area contributed by atoms with Crippen LogP contribution in [-0.4, -0.2) is 29.5 Å². The van der Waals surface area contributed by atoms with Crippen molar-refractivity contribution in [3.8, 4) is 0 Å². The zero-order valence-corrected chi connectivity index (χ0v) is 16.7. The summed E-state index contributed by atoms with van der Waals surface area (Å²) in [7, 11) is 0. The van der Waals surface area contributed by atoms with Crippen LogP contribution in [0.5, 0.6) is 0 Å². The summed E-state index contributed by atoms with van der Waals surface area (Å²) >= 11 is 0. The molecule has 0 unspecified atom stereocenters. The number of ether oxygens (including phenoxy) is 1. The van der Waals surface area contributed by atoms with Gasteiger partial charge in [0.15, 0.2) is 6.61 Å². The Bertz CT molecular complexity index is 1050. The molecule has 3 N–H and O–H groups in total. The van der Waals surface area contributed by atoms with E-state index in [4.69, 9.17) is 9.84 Å². The molecule has 2 amide bonds. The zero-order chi connectivity index (χ0) is 22.1. The number of benzene rings is 3. The summed E-state index contributed by atoms with van der Waals surface area (Å²) in [6.45, 7) is -0.273. The van der Waals surface area contributed by atoms with Gasteiger partial charge in [0.05, 0.1) is 23.4 Å². The Morgan fingerprint density at radius 2 is 1.48 bits per heavy atom. The monoisotopic (exact) mass is 418 g/mol. The lowest BCUT2D eigenvalue weighted by Gasteiger charge is -2.12. The highest BCUT2D eigenvalue weighted by Crippen LogP contribution is 2.15. The second kappa shape index (κ2) is 10.7. The lowest BCUT2D eigenvalue weighted by atomic mass is 10.1. The summed E-state index contributed by atoms with van der Waals surface area (Å²) in [4.78, 5) is 36.9. The zero-order valence-electron chi connectivity index (χ0n) is 16.7. The molecular formula is C24H22N2O5. The highest BCUT2D eigenvalue weighted by molar-refractivity contribution is 6.04. The number of esters is 1. The quantitative estimate of drug-likeness (QED) is 0.488. The van der Waals surface area contributed by atoms with Crippen LogP contribution in [0.1, 0.15) is 31.8 Å². The van der Waals surface area contributed by atoms with E-state index >= 15 is 0 Å². The maximum Gasteiger partial charge on any atom is 0.338 e. The number of aliphatic hydroxyl groups is 1. The molecule has 0 heterocycles. The Morgan fingerprint density at radius 3 is 2.19 bits per heavy atom.